The van der Waals surface area contributed by atoms with Crippen LogP contribution in [0.1, 0.15) is 19.8 Å². The Morgan fingerprint density at radius 2 is 2.24 bits per heavy atom. The van der Waals surface area contributed by atoms with Gasteiger partial charge in [-0.25, -0.2) is 4.39 Å². The molecule has 0 N–H and O–H groups in total. The zero-order valence-corrected chi connectivity index (χ0v) is 10.4. The average Bonchev–Trinajstić information content (AvgIpc) is 2.32. The van der Waals surface area contributed by atoms with Gasteiger partial charge in [-0.05, 0) is 37.4 Å². The summed E-state index contributed by atoms with van der Waals surface area (Å²) in [5.74, 6) is 0.856. The van der Waals surface area contributed by atoms with Gasteiger partial charge in [0.1, 0.15) is 6.61 Å². The van der Waals surface area contributed by atoms with E-state index in [1.54, 1.807) is 18.2 Å². The highest BCUT2D eigenvalue weighted by atomic mass is 19.1. The van der Waals surface area contributed by atoms with Crippen molar-refractivity contribution in [3.63, 3.8) is 0 Å². The molecule has 1 unspecified atom stereocenters. The van der Waals surface area contributed by atoms with Gasteiger partial charge in [-0.2, -0.15) is 0 Å². The lowest BCUT2D eigenvalue weighted by molar-refractivity contribution is 0.152. The van der Waals surface area contributed by atoms with Gasteiger partial charge in [0.15, 0.2) is 11.6 Å². The Balaban J connectivity index is 1.74. The Kier molecular flexibility index (Phi) is 4.37. The van der Waals surface area contributed by atoms with Crippen molar-refractivity contribution in [3.05, 3.63) is 30.1 Å². The summed E-state index contributed by atoms with van der Waals surface area (Å²) in [5, 5.41) is 0. The molecule has 1 fully saturated rings. The summed E-state index contributed by atoms with van der Waals surface area (Å²) >= 11 is 0. The third-order valence-electron chi connectivity index (χ3n) is 3.24. The summed E-state index contributed by atoms with van der Waals surface area (Å²) in [6.07, 6.45) is 2.59. The first kappa shape index (κ1) is 12.4. The topological polar surface area (TPSA) is 12.5 Å². The summed E-state index contributed by atoms with van der Waals surface area (Å²) in [6, 6.07) is 6.57. The third-order valence-corrected chi connectivity index (χ3v) is 3.24. The Morgan fingerprint density at radius 3 is 3.00 bits per heavy atom. The van der Waals surface area contributed by atoms with Crippen molar-refractivity contribution in [2.45, 2.75) is 19.8 Å². The van der Waals surface area contributed by atoms with Crippen LogP contribution in [-0.2, 0) is 0 Å². The molecule has 1 aliphatic rings. The number of rotatable bonds is 4. The van der Waals surface area contributed by atoms with Crippen LogP contribution in [0.4, 0.5) is 4.39 Å². The van der Waals surface area contributed by atoms with Crippen molar-refractivity contribution in [1.29, 1.82) is 0 Å². The molecule has 0 bridgehead atoms. The number of hydrogen-bond donors (Lipinski definition) is 0. The van der Waals surface area contributed by atoms with E-state index in [-0.39, 0.29) is 5.82 Å². The summed E-state index contributed by atoms with van der Waals surface area (Å²) in [7, 11) is 0. The zero-order valence-electron chi connectivity index (χ0n) is 10.4. The SMILES string of the molecule is CC1CCCN(CCOc2ccccc2F)C1. The van der Waals surface area contributed by atoms with Gasteiger partial charge >= 0.3 is 0 Å². The van der Waals surface area contributed by atoms with E-state index in [0.717, 1.165) is 25.6 Å². The fourth-order valence-corrected chi connectivity index (χ4v) is 2.34. The van der Waals surface area contributed by atoms with Crippen molar-refractivity contribution in [3.8, 4) is 5.75 Å². The highest BCUT2D eigenvalue weighted by Crippen LogP contribution is 2.17. The predicted octanol–water partition coefficient (Wildman–Crippen LogP) is 2.94. The second kappa shape index (κ2) is 6.01. The lowest BCUT2D eigenvalue weighted by Gasteiger charge is -2.30. The fourth-order valence-electron chi connectivity index (χ4n) is 2.34. The number of benzene rings is 1. The maximum atomic E-state index is 13.3. The molecule has 17 heavy (non-hydrogen) atoms. The van der Waals surface area contributed by atoms with Crippen LogP contribution >= 0.6 is 0 Å². The second-order valence-electron chi connectivity index (χ2n) is 4.83. The van der Waals surface area contributed by atoms with E-state index in [0.29, 0.717) is 12.4 Å². The molecular formula is C14H20FNO. The summed E-state index contributed by atoms with van der Waals surface area (Å²) in [4.78, 5) is 2.40. The minimum atomic E-state index is -0.278. The molecule has 1 aromatic carbocycles. The first-order valence-electron chi connectivity index (χ1n) is 6.35. The van der Waals surface area contributed by atoms with E-state index in [9.17, 15) is 4.39 Å². The van der Waals surface area contributed by atoms with Crippen LogP contribution < -0.4 is 4.74 Å². The lowest BCUT2D eigenvalue weighted by atomic mass is 10.0. The van der Waals surface area contributed by atoms with Crippen LogP contribution in [0.5, 0.6) is 5.75 Å². The first-order chi connectivity index (χ1) is 8.25. The largest absolute Gasteiger partial charge is 0.489 e. The van der Waals surface area contributed by atoms with Crippen LogP contribution in [0.15, 0.2) is 24.3 Å². The minimum Gasteiger partial charge on any atom is -0.489 e. The molecule has 1 heterocycles. The first-order valence-corrected chi connectivity index (χ1v) is 6.35. The van der Waals surface area contributed by atoms with E-state index in [2.05, 4.69) is 11.8 Å². The Bertz CT molecular complexity index is 356. The van der Waals surface area contributed by atoms with Gasteiger partial charge in [0, 0.05) is 13.1 Å². The second-order valence-corrected chi connectivity index (χ2v) is 4.83. The van der Waals surface area contributed by atoms with Crippen molar-refractivity contribution < 1.29 is 9.13 Å². The maximum Gasteiger partial charge on any atom is 0.165 e. The Morgan fingerprint density at radius 1 is 1.41 bits per heavy atom. The van der Waals surface area contributed by atoms with E-state index < -0.39 is 0 Å². The van der Waals surface area contributed by atoms with Gasteiger partial charge in [-0.15, -0.1) is 0 Å². The number of likely N-dealkylation sites (tertiary alicyclic amines) is 1. The molecule has 0 aromatic heterocycles. The smallest absolute Gasteiger partial charge is 0.165 e. The van der Waals surface area contributed by atoms with Crippen LogP contribution in [-0.4, -0.2) is 31.1 Å². The molecule has 2 nitrogen and oxygen atoms in total. The quantitative estimate of drug-likeness (QED) is 0.798. The molecule has 1 saturated heterocycles. The van der Waals surface area contributed by atoms with Gasteiger partial charge in [-0.1, -0.05) is 19.1 Å². The summed E-state index contributed by atoms with van der Waals surface area (Å²) < 4.78 is 18.7. The number of halogens is 1. The van der Waals surface area contributed by atoms with Gasteiger partial charge in [-0.3, -0.25) is 4.90 Å². The normalized spacial score (nSPS) is 21.4. The van der Waals surface area contributed by atoms with Crippen molar-refractivity contribution in [2.24, 2.45) is 5.92 Å². The van der Waals surface area contributed by atoms with Crippen molar-refractivity contribution in [2.75, 3.05) is 26.2 Å². The fraction of sp³-hybridized carbons (Fsp3) is 0.571. The number of hydrogen-bond acceptors (Lipinski definition) is 2. The van der Waals surface area contributed by atoms with Gasteiger partial charge < -0.3 is 4.74 Å². The average molecular weight is 237 g/mol. The van der Waals surface area contributed by atoms with Gasteiger partial charge in [0.2, 0.25) is 0 Å². The highest BCUT2D eigenvalue weighted by Gasteiger charge is 2.15. The number of para-hydroxylation sites is 1. The summed E-state index contributed by atoms with van der Waals surface area (Å²) in [5.41, 5.74) is 0. The van der Waals surface area contributed by atoms with Crippen molar-refractivity contribution >= 4 is 0 Å². The van der Waals surface area contributed by atoms with E-state index >= 15 is 0 Å². The third kappa shape index (κ3) is 3.70. The Labute approximate surface area is 102 Å². The number of nitrogens with zero attached hydrogens (tertiary/aromatic N) is 1. The Hall–Kier alpha value is -1.09. The zero-order chi connectivity index (χ0) is 12.1. The molecular weight excluding hydrogens is 217 g/mol. The monoisotopic (exact) mass is 237 g/mol. The molecule has 1 atom stereocenters. The summed E-state index contributed by atoms with van der Waals surface area (Å²) in [6.45, 7) is 6.02. The molecule has 2 rings (SSSR count). The van der Waals surface area contributed by atoms with Gasteiger partial charge in [0.25, 0.3) is 0 Å². The van der Waals surface area contributed by atoms with Crippen LogP contribution in [0.25, 0.3) is 0 Å². The molecule has 0 amide bonds. The molecule has 1 aromatic rings. The lowest BCUT2D eigenvalue weighted by Crippen LogP contribution is -2.37. The number of piperidine rings is 1. The molecule has 1 aliphatic heterocycles. The maximum absolute atomic E-state index is 13.3. The van der Waals surface area contributed by atoms with Crippen LogP contribution in [0.3, 0.4) is 0 Å². The number of ether oxygens (including phenoxy) is 1. The predicted molar refractivity (Wildman–Crippen MR) is 66.7 cm³/mol. The van der Waals surface area contributed by atoms with Gasteiger partial charge in [0.05, 0.1) is 0 Å². The van der Waals surface area contributed by atoms with Crippen LogP contribution in [0.2, 0.25) is 0 Å². The van der Waals surface area contributed by atoms with E-state index in [4.69, 9.17) is 4.74 Å². The van der Waals surface area contributed by atoms with E-state index in [1.807, 2.05) is 0 Å². The van der Waals surface area contributed by atoms with Crippen LogP contribution in [0, 0.1) is 11.7 Å². The van der Waals surface area contributed by atoms with Crippen molar-refractivity contribution in [1.82, 2.24) is 4.90 Å². The minimum absolute atomic E-state index is 0.278. The standard InChI is InChI=1S/C14H20FNO/c1-12-5-4-8-16(11-12)9-10-17-14-7-3-2-6-13(14)15/h2-3,6-7,12H,4-5,8-11H2,1H3. The molecule has 0 radical (unpaired) electrons. The molecule has 3 heteroatoms. The molecule has 0 aliphatic carbocycles. The highest BCUT2D eigenvalue weighted by molar-refractivity contribution is 5.23. The molecule has 0 saturated carbocycles. The molecule has 0 spiro atoms. The van der Waals surface area contributed by atoms with E-state index in [1.165, 1.54) is 18.9 Å². The molecule has 94 valence electrons.